The molecular formula is C13H24N4O3S. The van der Waals surface area contributed by atoms with Crippen molar-refractivity contribution in [1.82, 2.24) is 14.1 Å². The number of aromatic nitrogens is 2. The van der Waals surface area contributed by atoms with E-state index in [2.05, 4.69) is 5.10 Å². The number of aliphatic hydroxyl groups excluding tert-OH is 1. The van der Waals surface area contributed by atoms with Gasteiger partial charge in [-0.25, -0.2) is 8.42 Å². The maximum absolute atomic E-state index is 12.8. The van der Waals surface area contributed by atoms with Crippen molar-refractivity contribution in [3.63, 3.8) is 0 Å². The minimum Gasteiger partial charge on any atom is -0.396 e. The standard InChI is InChI=1S/C13H24N4O3S/c1-2-7-16-10-12(13(14)15-16)21(19,20)17(8-4-9-18)11-5-3-6-11/h10-11,18H,2-9H2,1H3,(H2,14,15). The lowest BCUT2D eigenvalue weighted by molar-refractivity contribution is 0.198. The molecule has 0 aromatic carbocycles. The maximum atomic E-state index is 12.8. The molecule has 0 spiro atoms. The molecular weight excluding hydrogens is 292 g/mol. The van der Waals surface area contributed by atoms with Crippen LogP contribution < -0.4 is 5.73 Å². The average molecular weight is 316 g/mol. The third kappa shape index (κ3) is 3.38. The third-order valence-electron chi connectivity index (χ3n) is 3.81. The van der Waals surface area contributed by atoms with Crippen molar-refractivity contribution in [3.8, 4) is 0 Å². The second-order valence-corrected chi connectivity index (χ2v) is 7.28. The molecule has 120 valence electrons. The first kappa shape index (κ1) is 16.3. The van der Waals surface area contributed by atoms with Crippen molar-refractivity contribution in [2.75, 3.05) is 18.9 Å². The zero-order valence-corrected chi connectivity index (χ0v) is 13.2. The third-order valence-corrected chi connectivity index (χ3v) is 5.78. The fourth-order valence-corrected chi connectivity index (χ4v) is 4.27. The molecule has 1 heterocycles. The van der Waals surface area contributed by atoms with Gasteiger partial charge in [0.25, 0.3) is 0 Å². The van der Waals surface area contributed by atoms with Crippen LogP contribution in [0.4, 0.5) is 5.82 Å². The van der Waals surface area contributed by atoms with E-state index in [1.165, 1.54) is 10.5 Å². The zero-order chi connectivity index (χ0) is 15.5. The Morgan fingerprint density at radius 1 is 1.52 bits per heavy atom. The van der Waals surface area contributed by atoms with E-state index in [9.17, 15) is 8.42 Å². The lowest BCUT2D eigenvalue weighted by Gasteiger charge is -2.36. The number of anilines is 1. The molecule has 1 aliphatic rings. The second kappa shape index (κ2) is 6.76. The molecule has 1 aliphatic carbocycles. The Bertz CT molecular complexity index is 566. The quantitative estimate of drug-likeness (QED) is 0.738. The molecule has 0 atom stereocenters. The van der Waals surface area contributed by atoms with Crippen LogP contribution in [0.15, 0.2) is 11.1 Å². The molecule has 0 radical (unpaired) electrons. The van der Waals surface area contributed by atoms with Crippen LogP contribution in [0, 0.1) is 0 Å². The fraction of sp³-hybridized carbons (Fsp3) is 0.769. The van der Waals surface area contributed by atoms with Crippen molar-refractivity contribution in [2.45, 2.75) is 56.5 Å². The molecule has 21 heavy (non-hydrogen) atoms. The van der Waals surface area contributed by atoms with Gasteiger partial charge in [-0.15, -0.1) is 0 Å². The van der Waals surface area contributed by atoms with E-state index in [0.717, 1.165) is 25.7 Å². The molecule has 7 nitrogen and oxygen atoms in total. The molecule has 2 rings (SSSR count). The minimum absolute atomic E-state index is 0.0236. The molecule has 1 saturated carbocycles. The van der Waals surface area contributed by atoms with Gasteiger partial charge < -0.3 is 10.8 Å². The van der Waals surface area contributed by atoms with Crippen LogP contribution in [0.5, 0.6) is 0 Å². The Balaban J connectivity index is 2.28. The van der Waals surface area contributed by atoms with E-state index in [0.29, 0.717) is 19.5 Å². The highest BCUT2D eigenvalue weighted by molar-refractivity contribution is 7.89. The molecule has 0 unspecified atom stereocenters. The number of nitrogens with two attached hydrogens (primary N) is 1. The molecule has 1 aromatic heterocycles. The molecule has 1 fully saturated rings. The summed E-state index contributed by atoms with van der Waals surface area (Å²) in [4.78, 5) is 0.0841. The molecule has 8 heteroatoms. The van der Waals surface area contributed by atoms with Crippen LogP contribution in [-0.2, 0) is 16.6 Å². The normalized spacial score (nSPS) is 16.3. The van der Waals surface area contributed by atoms with Gasteiger partial charge in [-0.05, 0) is 25.7 Å². The van der Waals surface area contributed by atoms with Crippen molar-refractivity contribution in [2.24, 2.45) is 0 Å². The topological polar surface area (TPSA) is 101 Å². The lowest BCUT2D eigenvalue weighted by Crippen LogP contribution is -2.44. The van der Waals surface area contributed by atoms with Crippen molar-refractivity contribution in [1.29, 1.82) is 0 Å². The summed E-state index contributed by atoms with van der Waals surface area (Å²) in [5.74, 6) is 0.0526. The maximum Gasteiger partial charge on any atom is 0.248 e. The Morgan fingerprint density at radius 3 is 2.76 bits per heavy atom. The summed E-state index contributed by atoms with van der Waals surface area (Å²) in [6, 6.07) is 0.0236. The molecule has 0 saturated heterocycles. The minimum atomic E-state index is -3.65. The highest BCUT2D eigenvalue weighted by Crippen LogP contribution is 2.31. The number of aryl methyl sites for hydroxylation is 1. The number of aliphatic hydroxyl groups is 1. The largest absolute Gasteiger partial charge is 0.396 e. The number of sulfonamides is 1. The SMILES string of the molecule is CCCn1cc(S(=O)(=O)N(CCCO)C2CCC2)c(N)n1. The van der Waals surface area contributed by atoms with Gasteiger partial charge in [0.05, 0.1) is 0 Å². The van der Waals surface area contributed by atoms with E-state index in [-0.39, 0.29) is 23.4 Å². The predicted octanol–water partition coefficient (Wildman–Crippen LogP) is 0.801. The first-order valence-electron chi connectivity index (χ1n) is 7.46. The number of rotatable bonds is 8. The highest BCUT2D eigenvalue weighted by Gasteiger charge is 2.36. The predicted molar refractivity (Wildman–Crippen MR) is 80.2 cm³/mol. The Kier molecular flexibility index (Phi) is 5.23. The molecule has 1 aromatic rings. The van der Waals surface area contributed by atoms with E-state index >= 15 is 0 Å². The van der Waals surface area contributed by atoms with Gasteiger partial charge in [-0.1, -0.05) is 13.3 Å². The monoisotopic (exact) mass is 316 g/mol. The summed E-state index contributed by atoms with van der Waals surface area (Å²) in [7, 11) is -3.65. The summed E-state index contributed by atoms with van der Waals surface area (Å²) in [6.07, 6.45) is 5.58. The molecule has 3 N–H and O–H groups in total. The molecule has 0 aliphatic heterocycles. The van der Waals surface area contributed by atoms with E-state index in [1.807, 2.05) is 6.92 Å². The summed E-state index contributed by atoms with van der Waals surface area (Å²) in [5.41, 5.74) is 5.80. The average Bonchev–Trinajstić information content (AvgIpc) is 2.74. The highest BCUT2D eigenvalue weighted by atomic mass is 32.2. The summed E-state index contributed by atoms with van der Waals surface area (Å²) in [5, 5.41) is 13.1. The fourth-order valence-electron chi connectivity index (χ4n) is 2.49. The van der Waals surface area contributed by atoms with E-state index in [4.69, 9.17) is 10.8 Å². The van der Waals surface area contributed by atoms with Crippen LogP contribution in [-0.4, -0.2) is 46.8 Å². The van der Waals surface area contributed by atoms with Crippen molar-refractivity contribution in [3.05, 3.63) is 6.20 Å². The van der Waals surface area contributed by atoms with Gasteiger partial charge >= 0.3 is 0 Å². The Morgan fingerprint density at radius 2 is 2.24 bits per heavy atom. The second-order valence-electron chi connectivity index (χ2n) is 5.42. The molecule has 0 bridgehead atoms. The van der Waals surface area contributed by atoms with Crippen molar-refractivity contribution < 1.29 is 13.5 Å². The summed E-state index contributed by atoms with van der Waals surface area (Å²) >= 11 is 0. The van der Waals surface area contributed by atoms with Crippen LogP contribution in [0.25, 0.3) is 0 Å². The number of hydrogen-bond donors (Lipinski definition) is 2. The summed E-state index contributed by atoms with van der Waals surface area (Å²) in [6.45, 7) is 2.93. The molecule has 0 amide bonds. The van der Waals surface area contributed by atoms with E-state index in [1.54, 1.807) is 4.68 Å². The number of hydrogen-bond acceptors (Lipinski definition) is 5. The van der Waals surface area contributed by atoms with Gasteiger partial charge in [-0.2, -0.15) is 9.40 Å². The first-order chi connectivity index (χ1) is 10.0. The zero-order valence-electron chi connectivity index (χ0n) is 12.4. The number of nitrogens with zero attached hydrogens (tertiary/aromatic N) is 3. The van der Waals surface area contributed by atoms with Crippen molar-refractivity contribution >= 4 is 15.8 Å². The smallest absolute Gasteiger partial charge is 0.248 e. The van der Waals surface area contributed by atoms with Gasteiger partial charge in [0, 0.05) is 31.9 Å². The van der Waals surface area contributed by atoms with Crippen LogP contribution in [0.1, 0.15) is 39.0 Å². The van der Waals surface area contributed by atoms with Gasteiger partial charge in [-0.3, -0.25) is 4.68 Å². The van der Waals surface area contributed by atoms with Crippen LogP contribution in [0.3, 0.4) is 0 Å². The van der Waals surface area contributed by atoms with Crippen LogP contribution in [0.2, 0.25) is 0 Å². The first-order valence-corrected chi connectivity index (χ1v) is 8.90. The van der Waals surface area contributed by atoms with Gasteiger partial charge in [0.2, 0.25) is 10.0 Å². The van der Waals surface area contributed by atoms with Gasteiger partial charge in [0.1, 0.15) is 4.90 Å². The Hall–Kier alpha value is -1.12. The Labute approximate surface area is 125 Å². The summed E-state index contributed by atoms with van der Waals surface area (Å²) < 4.78 is 28.7. The lowest BCUT2D eigenvalue weighted by atomic mass is 9.93. The number of nitrogen functional groups attached to an aromatic ring is 1. The van der Waals surface area contributed by atoms with E-state index < -0.39 is 10.0 Å². The van der Waals surface area contributed by atoms with Crippen LogP contribution >= 0.6 is 0 Å². The van der Waals surface area contributed by atoms with Gasteiger partial charge in [0.15, 0.2) is 5.82 Å².